The van der Waals surface area contributed by atoms with Crippen LogP contribution in [0, 0.1) is 5.92 Å². The van der Waals surface area contributed by atoms with E-state index in [0.29, 0.717) is 37.2 Å². The van der Waals surface area contributed by atoms with Gasteiger partial charge in [0.25, 0.3) is 5.91 Å². The number of rotatable bonds is 7. The summed E-state index contributed by atoms with van der Waals surface area (Å²) in [6.07, 6.45) is 3.77. The lowest BCUT2D eigenvalue weighted by Gasteiger charge is -2.38. The summed E-state index contributed by atoms with van der Waals surface area (Å²) in [5.41, 5.74) is 0.564. The summed E-state index contributed by atoms with van der Waals surface area (Å²) in [6, 6.07) is 3.56. The third-order valence-corrected chi connectivity index (χ3v) is 5.92. The summed E-state index contributed by atoms with van der Waals surface area (Å²) in [5.74, 6) is 0.790. The molecule has 2 aliphatic rings. The van der Waals surface area contributed by atoms with Crippen LogP contribution in [0.2, 0.25) is 0 Å². The fourth-order valence-electron chi connectivity index (χ4n) is 2.97. The molecule has 1 amide bonds. The number of anilines is 1. The third-order valence-electron chi connectivity index (χ3n) is 4.82. The number of aromatic nitrogens is 2. The summed E-state index contributed by atoms with van der Waals surface area (Å²) in [4.78, 5) is 23.6. The Morgan fingerprint density at radius 1 is 1.41 bits per heavy atom. The Morgan fingerprint density at radius 2 is 2.19 bits per heavy atom. The van der Waals surface area contributed by atoms with Crippen molar-refractivity contribution in [3.8, 4) is 5.88 Å². The summed E-state index contributed by atoms with van der Waals surface area (Å²) >= 11 is 1.50. The van der Waals surface area contributed by atoms with Gasteiger partial charge in [0.2, 0.25) is 5.88 Å². The van der Waals surface area contributed by atoms with E-state index in [4.69, 9.17) is 4.74 Å². The van der Waals surface area contributed by atoms with Gasteiger partial charge in [-0.15, -0.1) is 11.3 Å². The molecule has 1 saturated heterocycles. The molecule has 144 valence electrons. The second kappa shape index (κ2) is 7.09. The minimum absolute atomic E-state index is 0.262. The van der Waals surface area contributed by atoms with Crippen LogP contribution in [0.15, 0.2) is 23.7 Å². The number of thiazole rings is 1. The number of nitrogens with one attached hydrogen (secondary N) is 1. The molecule has 2 fully saturated rings. The van der Waals surface area contributed by atoms with Gasteiger partial charge in [0.05, 0.1) is 18.2 Å². The topological polar surface area (TPSA) is 87.6 Å². The van der Waals surface area contributed by atoms with Crippen molar-refractivity contribution in [2.24, 2.45) is 5.92 Å². The number of hydrogen-bond donors (Lipinski definition) is 2. The predicted octanol–water partition coefficient (Wildman–Crippen LogP) is 2.17. The highest BCUT2D eigenvalue weighted by Crippen LogP contribution is 2.34. The number of aliphatic hydroxyl groups excluding tert-OH is 1. The molecule has 8 heteroatoms. The van der Waals surface area contributed by atoms with Gasteiger partial charge in [-0.1, -0.05) is 0 Å². The van der Waals surface area contributed by atoms with Gasteiger partial charge in [-0.3, -0.25) is 4.79 Å². The summed E-state index contributed by atoms with van der Waals surface area (Å²) in [6.45, 7) is 5.58. The molecular formula is C19H24N4O3S. The van der Waals surface area contributed by atoms with Gasteiger partial charge in [0, 0.05) is 24.7 Å². The quantitative estimate of drug-likeness (QED) is 0.756. The van der Waals surface area contributed by atoms with E-state index in [1.165, 1.54) is 24.2 Å². The Bertz CT molecular complexity index is 814. The van der Waals surface area contributed by atoms with E-state index in [0.717, 1.165) is 10.7 Å². The van der Waals surface area contributed by atoms with Crippen LogP contribution in [-0.2, 0) is 5.54 Å². The second-order valence-electron chi connectivity index (χ2n) is 7.75. The minimum atomic E-state index is -0.581. The summed E-state index contributed by atoms with van der Waals surface area (Å²) < 4.78 is 5.92. The SMILES string of the molecule is CC(C)(NC(=O)c1ccc(N2CC(O)C2)c(OCC2CC2)n1)c1nccs1. The minimum Gasteiger partial charge on any atom is -0.476 e. The van der Waals surface area contributed by atoms with Gasteiger partial charge in [-0.2, -0.15) is 0 Å². The van der Waals surface area contributed by atoms with Crippen LogP contribution in [0.4, 0.5) is 5.69 Å². The Balaban J connectivity index is 1.52. The zero-order chi connectivity index (χ0) is 19.0. The number of aliphatic hydroxyl groups is 1. The third kappa shape index (κ3) is 4.06. The van der Waals surface area contributed by atoms with Crippen molar-refractivity contribution in [3.05, 3.63) is 34.4 Å². The molecule has 0 radical (unpaired) electrons. The number of hydrogen-bond acceptors (Lipinski definition) is 7. The number of β-amino-alcohol motifs (C(OH)–C–C–N with tert-alkyl or cyclic N) is 1. The molecule has 0 spiro atoms. The first-order valence-electron chi connectivity index (χ1n) is 9.22. The fraction of sp³-hybridized carbons (Fsp3) is 0.526. The molecule has 1 aliphatic carbocycles. The van der Waals surface area contributed by atoms with Gasteiger partial charge < -0.3 is 20.1 Å². The first kappa shape index (κ1) is 18.2. The van der Waals surface area contributed by atoms with Crippen LogP contribution >= 0.6 is 11.3 Å². The first-order chi connectivity index (χ1) is 12.9. The maximum atomic E-state index is 12.8. The van der Waals surface area contributed by atoms with Crippen molar-refractivity contribution in [2.75, 3.05) is 24.6 Å². The van der Waals surface area contributed by atoms with Gasteiger partial charge in [0.1, 0.15) is 16.4 Å². The predicted molar refractivity (Wildman–Crippen MR) is 103 cm³/mol. The summed E-state index contributed by atoms with van der Waals surface area (Å²) in [7, 11) is 0. The fourth-order valence-corrected chi connectivity index (χ4v) is 3.69. The van der Waals surface area contributed by atoms with E-state index in [1.54, 1.807) is 12.3 Å². The number of amides is 1. The molecule has 27 heavy (non-hydrogen) atoms. The molecule has 0 unspecified atom stereocenters. The number of pyridine rings is 1. The van der Waals surface area contributed by atoms with Gasteiger partial charge in [0.15, 0.2) is 0 Å². The van der Waals surface area contributed by atoms with Gasteiger partial charge in [-0.25, -0.2) is 9.97 Å². The van der Waals surface area contributed by atoms with Crippen molar-refractivity contribution < 1.29 is 14.6 Å². The lowest BCUT2D eigenvalue weighted by Crippen LogP contribution is -2.51. The molecule has 0 bridgehead atoms. The van der Waals surface area contributed by atoms with E-state index in [1.807, 2.05) is 30.2 Å². The molecule has 3 heterocycles. The Kier molecular flexibility index (Phi) is 4.77. The van der Waals surface area contributed by atoms with E-state index >= 15 is 0 Å². The molecule has 4 rings (SSSR count). The lowest BCUT2D eigenvalue weighted by atomic mass is 10.1. The van der Waals surface area contributed by atoms with Crippen LogP contribution in [0.25, 0.3) is 0 Å². The smallest absolute Gasteiger partial charge is 0.270 e. The van der Waals surface area contributed by atoms with Crippen molar-refractivity contribution in [1.29, 1.82) is 0 Å². The highest BCUT2D eigenvalue weighted by atomic mass is 32.1. The zero-order valence-corrected chi connectivity index (χ0v) is 16.3. The first-order valence-corrected chi connectivity index (χ1v) is 10.1. The van der Waals surface area contributed by atoms with E-state index in [-0.39, 0.29) is 12.0 Å². The van der Waals surface area contributed by atoms with E-state index in [9.17, 15) is 9.90 Å². The molecular weight excluding hydrogens is 364 g/mol. The average Bonchev–Trinajstić information content (AvgIpc) is 3.26. The van der Waals surface area contributed by atoms with Crippen LogP contribution in [0.1, 0.15) is 42.2 Å². The molecule has 2 aromatic rings. The number of carbonyl (C=O) groups excluding carboxylic acids is 1. The molecule has 1 aliphatic heterocycles. The largest absolute Gasteiger partial charge is 0.476 e. The zero-order valence-electron chi connectivity index (χ0n) is 15.5. The molecule has 7 nitrogen and oxygen atoms in total. The average molecular weight is 388 g/mol. The van der Waals surface area contributed by atoms with Crippen LogP contribution < -0.4 is 15.0 Å². The maximum Gasteiger partial charge on any atom is 0.270 e. The Hall–Kier alpha value is -2.19. The lowest BCUT2D eigenvalue weighted by molar-refractivity contribution is 0.0905. The van der Waals surface area contributed by atoms with Crippen LogP contribution in [-0.4, -0.2) is 46.8 Å². The molecule has 2 N–H and O–H groups in total. The normalized spacial score (nSPS) is 17.5. The van der Waals surface area contributed by atoms with Crippen molar-refractivity contribution in [2.45, 2.75) is 38.3 Å². The van der Waals surface area contributed by atoms with E-state index in [2.05, 4.69) is 15.3 Å². The standard InChI is InChI=1S/C19H24N4O3S/c1-19(2,18-20-7-8-27-18)22-16(25)14-5-6-15(23-9-13(24)10-23)17(21-14)26-11-12-3-4-12/h5-8,12-13,24H,3-4,9-11H2,1-2H3,(H,22,25). The van der Waals surface area contributed by atoms with Crippen molar-refractivity contribution >= 4 is 22.9 Å². The number of ether oxygens (including phenoxy) is 1. The van der Waals surface area contributed by atoms with Crippen LogP contribution in [0.3, 0.4) is 0 Å². The second-order valence-corrected chi connectivity index (χ2v) is 8.64. The Morgan fingerprint density at radius 3 is 2.81 bits per heavy atom. The monoisotopic (exact) mass is 388 g/mol. The van der Waals surface area contributed by atoms with Crippen molar-refractivity contribution in [1.82, 2.24) is 15.3 Å². The highest BCUT2D eigenvalue weighted by Gasteiger charge is 2.31. The number of carbonyl (C=O) groups is 1. The molecule has 1 saturated carbocycles. The van der Waals surface area contributed by atoms with Crippen LogP contribution in [0.5, 0.6) is 5.88 Å². The number of nitrogens with zero attached hydrogens (tertiary/aromatic N) is 3. The van der Waals surface area contributed by atoms with E-state index < -0.39 is 5.54 Å². The summed E-state index contributed by atoms with van der Waals surface area (Å²) in [5, 5.41) is 15.3. The molecule has 2 aromatic heterocycles. The molecule has 0 aromatic carbocycles. The highest BCUT2D eigenvalue weighted by molar-refractivity contribution is 7.09. The van der Waals surface area contributed by atoms with Gasteiger partial charge in [-0.05, 0) is 44.7 Å². The molecule has 0 atom stereocenters. The Labute approximate surface area is 162 Å². The van der Waals surface area contributed by atoms with Gasteiger partial charge >= 0.3 is 0 Å². The van der Waals surface area contributed by atoms with Crippen molar-refractivity contribution in [3.63, 3.8) is 0 Å². The maximum absolute atomic E-state index is 12.8.